The van der Waals surface area contributed by atoms with E-state index in [1.807, 2.05) is 0 Å². The molecule has 3 aromatic rings. The number of halogens is 1. The third-order valence-electron chi connectivity index (χ3n) is 3.28. The van der Waals surface area contributed by atoms with Gasteiger partial charge in [-0.3, -0.25) is 9.48 Å². The van der Waals surface area contributed by atoms with Crippen molar-refractivity contribution in [3.05, 3.63) is 47.5 Å². The Kier molecular flexibility index (Phi) is 2.85. The van der Waals surface area contributed by atoms with Crippen molar-refractivity contribution in [3.8, 4) is 0 Å². The van der Waals surface area contributed by atoms with Crippen molar-refractivity contribution in [2.45, 2.75) is 13.3 Å². The summed E-state index contributed by atoms with van der Waals surface area (Å²) < 4.78 is 20.3. The van der Waals surface area contributed by atoms with E-state index >= 15 is 0 Å². The molecule has 0 unspecified atom stereocenters. The van der Waals surface area contributed by atoms with Gasteiger partial charge in [0.2, 0.25) is 5.78 Å². The lowest BCUT2D eigenvalue weighted by atomic mass is 10.1. The molecule has 0 bridgehead atoms. The Morgan fingerprint density at radius 3 is 2.95 bits per heavy atom. The number of benzene rings is 1. The molecule has 0 saturated carbocycles. The number of aromatic nitrogens is 3. The minimum Gasteiger partial charge on any atom is -0.453 e. The number of Topliss-reactive ketones (excluding diaryl/α,β-unsaturated/α-hetero) is 1. The topological polar surface area (TPSA) is 60.9 Å². The number of rotatable bonds is 3. The first kappa shape index (κ1) is 12.5. The third-order valence-corrected chi connectivity index (χ3v) is 3.28. The zero-order chi connectivity index (χ0) is 14.3. The van der Waals surface area contributed by atoms with E-state index in [-0.39, 0.29) is 23.8 Å². The van der Waals surface area contributed by atoms with Gasteiger partial charge in [0.1, 0.15) is 23.6 Å². The van der Waals surface area contributed by atoms with E-state index in [0.29, 0.717) is 22.4 Å². The quantitative estimate of drug-likeness (QED) is 0.688. The summed E-state index contributed by atoms with van der Waals surface area (Å²) in [7, 11) is 1.72. The molecule has 0 atom stereocenters. The molecular formula is C14H12FN3O2. The van der Waals surface area contributed by atoms with Gasteiger partial charge in [-0.25, -0.2) is 9.37 Å². The summed E-state index contributed by atoms with van der Waals surface area (Å²) in [6, 6.07) is 4.20. The Hall–Kier alpha value is -2.50. The highest BCUT2D eigenvalue weighted by atomic mass is 19.1. The van der Waals surface area contributed by atoms with Crippen molar-refractivity contribution >= 4 is 16.8 Å². The molecule has 102 valence electrons. The highest BCUT2D eigenvalue weighted by Gasteiger charge is 2.19. The van der Waals surface area contributed by atoms with Crippen LogP contribution in [0.25, 0.3) is 11.0 Å². The smallest absolute Gasteiger partial charge is 0.205 e. The van der Waals surface area contributed by atoms with Gasteiger partial charge in [0.25, 0.3) is 0 Å². The molecule has 1 aromatic carbocycles. The molecule has 0 aliphatic carbocycles. The number of hydrogen-bond donors (Lipinski definition) is 0. The molecule has 2 aromatic heterocycles. The van der Waals surface area contributed by atoms with Gasteiger partial charge in [0, 0.05) is 18.0 Å². The summed E-state index contributed by atoms with van der Waals surface area (Å²) in [5.41, 5.74) is 1.15. The zero-order valence-corrected chi connectivity index (χ0v) is 11.1. The SMILES string of the molecule is Cc1c(C(=O)Cc2ncnn2C)oc2ccc(F)cc12. The molecule has 0 aliphatic heterocycles. The predicted octanol–water partition coefficient (Wildman–Crippen LogP) is 2.43. The van der Waals surface area contributed by atoms with Crippen molar-refractivity contribution in [1.29, 1.82) is 0 Å². The van der Waals surface area contributed by atoms with E-state index < -0.39 is 0 Å². The number of aryl methyl sites for hydroxylation is 2. The van der Waals surface area contributed by atoms with E-state index in [4.69, 9.17) is 4.42 Å². The Morgan fingerprint density at radius 2 is 2.25 bits per heavy atom. The third kappa shape index (κ3) is 1.99. The number of nitrogens with zero attached hydrogens (tertiary/aromatic N) is 3. The van der Waals surface area contributed by atoms with Crippen LogP contribution in [0.2, 0.25) is 0 Å². The Bertz CT molecular complexity index is 804. The van der Waals surface area contributed by atoms with Crippen LogP contribution in [-0.2, 0) is 13.5 Å². The van der Waals surface area contributed by atoms with E-state index in [0.717, 1.165) is 0 Å². The van der Waals surface area contributed by atoms with Crippen LogP contribution in [0.1, 0.15) is 21.9 Å². The molecule has 2 heterocycles. The average Bonchev–Trinajstić information content (AvgIpc) is 2.95. The maximum absolute atomic E-state index is 13.2. The van der Waals surface area contributed by atoms with E-state index in [1.165, 1.54) is 29.2 Å². The summed E-state index contributed by atoms with van der Waals surface area (Å²) in [6.07, 6.45) is 1.49. The fourth-order valence-electron chi connectivity index (χ4n) is 2.16. The van der Waals surface area contributed by atoms with Crippen molar-refractivity contribution < 1.29 is 13.6 Å². The second kappa shape index (κ2) is 4.56. The van der Waals surface area contributed by atoms with Crippen molar-refractivity contribution in [3.63, 3.8) is 0 Å². The molecule has 0 fully saturated rings. The van der Waals surface area contributed by atoms with Crippen LogP contribution < -0.4 is 0 Å². The standard InChI is InChI=1S/C14H12FN3O2/c1-8-10-5-9(15)3-4-12(10)20-14(8)11(19)6-13-16-7-17-18(13)2/h3-5,7H,6H2,1-2H3. The van der Waals surface area contributed by atoms with Crippen LogP contribution in [0, 0.1) is 12.7 Å². The fraction of sp³-hybridized carbons (Fsp3) is 0.214. The van der Waals surface area contributed by atoms with Gasteiger partial charge in [0.05, 0.1) is 6.42 Å². The Morgan fingerprint density at radius 1 is 1.45 bits per heavy atom. The van der Waals surface area contributed by atoms with E-state index in [2.05, 4.69) is 10.1 Å². The summed E-state index contributed by atoms with van der Waals surface area (Å²) in [5.74, 6) is 0.249. The number of hydrogen-bond acceptors (Lipinski definition) is 4. The minimum absolute atomic E-state index is 0.0969. The first-order valence-corrected chi connectivity index (χ1v) is 6.11. The second-order valence-electron chi connectivity index (χ2n) is 4.60. The highest BCUT2D eigenvalue weighted by Crippen LogP contribution is 2.26. The van der Waals surface area contributed by atoms with Gasteiger partial charge < -0.3 is 4.42 Å². The van der Waals surface area contributed by atoms with E-state index in [1.54, 1.807) is 14.0 Å². The molecule has 0 N–H and O–H groups in total. The Balaban J connectivity index is 2.00. The second-order valence-corrected chi connectivity index (χ2v) is 4.60. The van der Waals surface area contributed by atoms with Crippen molar-refractivity contribution in [1.82, 2.24) is 14.8 Å². The van der Waals surface area contributed by atoms with Crippen LogP contribution in [0.15, 0.2) is 28.9 Å². The largest absolute Gasteiger partial charge is 0.453 e. The summed E-state index contributed by atoms with van der Waals surface area (Å²) >= 11 is 0. The molecular weight excluding hydrogens is 261 g/mol. The van der Waals surface area contributed by atoms with Gasteiger partial charge in [-0.1, -0.05) is 0 Å². The molecule has 6 heteroatoms. The zero-order valence-electron chi connectivity index (χ0n) is 11.1. The van der Waals surface area contributed by atoms with Gasteiger partial charge in [-0.05, 0) is 25.1 Å². The molecule has 0 amide bonds. The van der Waals surface area contributed by atoms with Gasteiger partial charge in [0.15, 0.2) is 5.76 Å². The Labute approximate surface area is 114 Å². The van der Waals surface area contributed by atoms with Crippen molar-refractivity contribution in [2.24, 2.45) is 7.05 Å². The molecule has 20 heavy (non-hydrogen) atoms. The van der Waals surface area contributed by atoms with Crippen LogP contribution in [0.5, 0.6) is 0 Å². The summed E-state index contributed by atoms with van der Waals surface area (Å²) in [6.45, 7) is 1.75. The first-order chi connectivity index (χ1) is 9.56. The lowest BCUT2D eigenvalue weighted by Crippen LogP contribution is -2.09. The summed E-state index contributed by atoms with van der Waals surface area (Å²) in [4.78, 5) is 16.3. The minimum atomic E-state index is -0.353. The number of furan rings is 1. The molecule has 0 radical (unpaired) electrons. The lowest BCUT2D eigenvalue weighted by molar-refractivity contribution is 0.0964. The van der Waals surface area contributed by atoms with Gasteiger partial charge in [-0.15, -0.1) is 0 Å². The average molecular weight is 273 g/mol. The van der Waals surface area contributed by atoms with Crippen LogP contribution >= 0.6 is 0 Å². The van der Waals surface area contributed by atoms with E-state index in [9.17, 15) is 9.18 Å². The maximum atomic E-state index is 13.2. The van der Waals surface area contributed by atoms with Crippen LogP contribution in [0.3, 0.4) is 0 Å². The number of ketones is 1. The van der Waals surface area contributed by atoms with Crippen LogP contribution in [0.4, 0.5) is 4.39 Å². The predicted molar refractivity (Wildman–Crippen MR) is 69.9 cm³/mol. The van der Waals surface area contributed by atoms with Gasteiger partial charge >= 0.3 is 0 Å². The number of carbonyl (C=O) groups excluding carboxylic acids is 1. The molecule has 0 spiro atoms. The van der Waals surface area contributed by atoms with Crippen LogP contribution in [-0.4, -0.2) is 20.5 Å². The molecule has 0 saturated heterocycles. The first-order valence-electron chi connectivity index (χ1n) is 6.11. The van der Waals surface area contributed by atoms with Crippen molar-refractivity contribution in [2.75, 3.05) is 0 Å². The molecule has 0 aliphatic rings. The highest BCUT2D eigenvalue weighted by molar-refractivity contribution is 6.00. The normalized spacial score (nSPS) is 11.2. The van der Waals surface area contributed by atoms with Gasteiger partial charge in [-0.2, -0.15) is 5.10 Å². The number of carbonyl (C=O) groups is 1. The molecule has 3 rings (SSSR count). The lowest BCUT2D eigenvalue weighted by Gasteiger charge is -1.98. The maximum Gasteiger partial charge on any atom is 0.205 e. The fourth-order valence-corrected chi connectivity index (χ4v) is 2.16. The molecule has 5 nitrogen and oxygen atoms in total. The monoisotopic (exact) mass is 273 g/mol. The summed E-state index contributed by atoms with van der Waals surface area (Å²) in [5, 5.41) is 4.53. The number of fused-ring (bicyclic) bond motifs is 1.